The van der Waals surface area contributed by atoms with Crippen molar-refractivity contribution in [3.05, 3.63) is 34.9 Å². The second-order valence-electron chi connectivity index (χ2n) is 5.94. The van der Waals surface area contributed by atoms with Gasteiger partial charge in [0.2, 0.25) is 0 Å². The molecule has 1 saturated carbocycles. The van der Waals surface area contributed by atoms with E-state index < -0.39 is 17.2 Å². The lowest BCUT2D eigenvalue weighted by atomic mass is 9.70. The molecule has 0 radical (unpaired) electrons. The maximum absolute atomic E-state index is 14.1. The molecule has 0 aromatic heterocycles. The third-order valence-electron chi connectivity index (χ3n) is 3.93. The molecule has 1 nitrogen and oxygen atoms in total. The summed E-state index contributed by atoms with van der Waals surface area (Å²) < 4.78 is 28.1. The first-order valence-corrected chi connectivity index (χ1v) is 6.51. The average molecular weight is 254 g/mol. The van der Waals surface area contributed by atoms with Crippen LogP contribution in [0.1, 0.15) is 44.2 Å². The molecule has 3 heteroatoms. The first kappa shape index (κ1) is 13.5. The van der Waals surface area contributed by atoms with Gasteiger partial charge in [-0.05, 0) is 49.7 Å². The van der Waals surface area contributed by atoms with Crippen molar-refractivity contribution in [2.45, 2.75) is 45.6 Å². The van der Waals surface area contributed by atoms with Gasteiger partial charge in [-0.2, -0.15) is 0 Å². The number of aryl methyl sites for hydroxylation is 1. The molecule has 0 bridgehead atoms. The van der Waals surface area contributed by atoms with Gasteiger partial charge in [0.15, 0.2) is 0 Å². The van der Waals surface area contributed by atoms with Crippen molar-refractivity contribution in [3.8, 4) is 0 Å². The summed E-state index contributed by atoms with van der Waals surface area (Å²) in [6.45, 7) is 5.63. The molecular weight excluding hydrogens is 234 g/mol. The van der Waals surface area contributed by atoms with Crippen LogP contribution in [0, 0.1) is 30.4 Å². The van der Waals surface area contributed by atoms with E-state index in [1.807, 2.05) is 13.8 Å². The monoisotopic (exact) mass is 254 g/mol. The summed E-state index contributed by atoms with van der Waals surface area (Å²) in [6, 6.07) is 2.66. The molecule has 0 spiro atoms. The number of rotatable bonds is 1. The van der Waals surface area contributed by atoms with E-state index in [1.165, 1.54) is 12.1 Å². The Hall–Kier alpha value is -0.960. The van der Waals surface area contributed by atoms with Crippen LogP contribution in [-0.4, -0.2) is 5.11 Å². The minimum atomic E-state index is -1.36. The van der Waals surface area contributed by atoms with E-state index in [1.54, 1.807) is 6.92 Å². The Labute approximate surface area is 107 Å². The van der Waals surface area contributed by atoms with Gasteiger partial charge in [0.05, 0.1) is 11.2 Å². The molecule has 0 aliphatic heterocycles. The van der Waals surface area contributed by atoms with E-state index in [0.29, 0.717) is 18.4 Å². The lowest BCUT2D eigenvalue weighted by molar-refractivity contribution is -0.0416. The van der Waals surface area contributed by atoms with Crippen molar-refractivity contribution in [2.24, 2.45) is 11.8 Å². The number of hydrogen-bond donors (Lipinski definition) is 1. The van der Waals surface area contributed by atoms with Crippen LogP contribution in [-0.2, 0) is 5.60 Å². The smallest absolute Gasteiger partial charge is 0.135 e. The summed E-state index contributed by atoms with van der Waals surface area (Å²) in [6.07, 6.45) is 1.85. The molecule has 1 aliphatic carbocycles. The summed E-state index contributed by atoms with van der Waals surface area (Å²) in [7, 11) is 0. The number of hydrogen-bond acceptors (Lipinski definition) is 1. The van der Waals surface area contributed by atoms with Gasteiger partial charge >= 0.3 is 0 Å². The summed E-state index contributed by atoms with van der Waals surface area (Å²) in [5.41, 5.74) is -1.12. The molecule has 1 aliphatic rings. The maximum Gasteiger partial charge on any atom is 0.135 e. The minimum absolute atomic E-state index is 0.138. The van der Waals surface area contributed by atoms with E-state index in [0.717, 1.165) is 6.42 Å². The highest BCUT2D eigenvalue weighted by Crippen LogP contribution is 2.44. The van der Waals surface area contributed by atoms with Crippen molar-refractivity contribution in [1.82, 2.24) is 0 Å². The topological polar surface area (TPSA) is 20.2 Å². The minimum Gasteiger partial charge on any atom is -0.385 e. The number of benzene rings is 1. The predicted octanol–water partition coefficient (Wildman–Crippen LogP) is 3.92. The zero-order chi connectivity index (χ0) is 13.5. The zero-order valence-corrected chi connectivity index (χ0v) is 11.1. The summed E-state index contributed by atoms with van der Waals surface area (Å²) in [5, 5.41) is 10.7. The van der Waals surface area contributed by atoms with Crippen LogP contribution in [0.15, 0.2) is 12.1 Å². The molecule has 0 saturated heterocycles. The average Bonchev–Trinajstić information content (AvgIpc) is 2.21. The fourth-order valence-corrected chi connectivity index (χ4v) is 3.38. The van der Waals surface area contributed by atoms with Crippen molar-refractivity contribution >= 4 is 0 Å². The molecule has 0 amide bonds. The lowest BCUT2D eigenvalue weighted by Gasteiger charge is -2.39. The predicted molar refractivity (Wildman–Crippen MR) is 67.2 cm³/mol. The third-order valence-corrected chi connectivity index (χ3v) is 3.93. The Morgan fingerprint density at radius 3 is 2.28 bits per heavy atom. The van der Waals surface area contributed by atoms with E-state index in [4.69, 9.17) is 0 Å². The highest BCUT2D eigenvalue weighted by molar-refractivity contribution is 5.32. The fourth-order valence-electron chi connectivity index (χ4n) is 3.38. The molecule has 2 rings (SSSR count). The second-order valence-corrected chi connectivity index (χ2v) is 5.94. The van der Waals surface area contributed by atoms with Crippen LogP contribution >= 0.6 is 0 Å². The van der Waals surface area contributed by atoms with Gasteiger partial charge in [-0.25, -0.2) is 8.78 Å². The van der Waals surface area contributed by atoms with E-state index >= 15 is 0 Å². The van der Waals surface area contributed by atoms with Gasteiger partial charge in [-0.1, -0.05) is 19.9 Å². The summed E-state index contributed by atoms with van der Waals surface area (Å²) in [4.78, 5) is 0. The fraction of sp³-hybridized carbons (Fsp3) is 0.600. The Balaban J connectivity index is 2.50. The third kappa shape index (κ3) is 2.28. The number of halogens is 2. The molecule has 1 fully saturated rings. The highest BCUT2D eigenvalue weighted by atomic mass is 19.1. The molecule has 1 aromatic carbocycles. The quantitative estimate of drug-likeness (QED) is 0.805. The highest BCUT2D eigenvalue weighted by Gasteiger charge is 2.41. The Bertz CT molecular complexity index is 446. The van der Waals surface area contributed by atoms with Gasteiger partial charge in [-0.15, -0.1) is 0 Å². The number of aliphatic hydroxyl groups is 1. The van der Waals surface area contributed by atoms with Crippen molar-refractivity contribution in [3.63, 3.8) is 0 Å². The SMILES string of the molecule is Cc1ccc(F)c(C2(O)CC(C)CC(C)C2)c1F. The van der Waals surface area contributed by atoms with Crippen molar-refractivity contribution in [1.29, 1.82) is 0 Å². The standard InChI is InChI=1S/C15H20F2O/c1-9-6-10(2)8-15(18,7-9)13-12(16)5-4-11(3)14(13)17/h4-5,9-10,18H,6-8H2,1-3H3. The van der Waals surface area contributed by atoms with E-state index in [9.17, 15) is 13.9 Å². The Morgan fingerprint density at radius 2 is 1.72 bits per heavy atom. The van der Waals surface area contributed by atoms with Crippen LogP contribution in [0.4, 0.5) is 8.78 Å². The van der Waals surface area contributed by atoms with Crippen LogP contribution < -0.4 is 0 Å². The first-order chi connectivity index (χ1) is 8.33. The van der Waals surface area contributed by atoms with Crippen molar-refractivity contribution < 1.29 is 13.9 Å². The molecule has 2 unspecified atom stereocenters. The molecule has 0 heterocycles. The first-order valence-electron chi connectivity index (χ1n) is 6.51. The lowest BCUT2D eigenvalue weighted by Crippen LogP contribution is -2.37. The van der Waals surface area contributed by atoms with Crippen LogP contribution in [0.3, 0.4) is 0 Å². The van der Waals surface area contributed by atoms with Crippen LogP contribution in [0.5, 0.6) is 0 Å². The van der Waals surface area contributed by atoms with Crippen LogP contribution in [0.25, 0.3) is 0 Å². The molecule has 100 valence electrons. The second kappa shape index (κ2) is 4.61. The van der Waals surface area contributed by atoms with Crippen molar-refractivity contribution in [2.75, 3.05) is 0 Å². The Morgan fingerprint density at radius 1 is 1.17 bits per heavy atom. The van der Waals surface area contributed by atoms with Gasteiger partial charge in [-0.3, -0.25) is 0 Å². The molecule has 1 aromatic rings. The van der Waals surface area contributed by atoms with Gasteiger partial charge < -0.3 is 5.11 Å². The Kier molecular flexibility index (Phi) is 3.45. The van der Waals surface area contributed by atoms with Gasteiger partial charge in [0.1, 0.15) is 11.6 Å². The zero-order valence-electron chi connectivity index (χ0n) is 11.1. The molecule has 1 N–H and O–H groups in total. The maximum atomic E-state index is 14.1. The largest absolute Gasteiger partial charge is 0.385 e. The van der Waals surface area contributed by atoms with Gasteiger partial charge in [0, 0.05) is 0 Å². The molecule has 2 atom stereocenters. The molecular formula is C15H20F2O. The van der Waals surface area contributed by atoms with E-state index in [-0.39, 0.29) is 17.4 Å². The molecule has 18 heavy (non-hydrogen) atoms. The van der Waals surface area contributed by atoms with Gasteiger partial charge in [0.25, 0.3) is 0 Å². The summed E-state index contributed by atoms with van der Waals surface area (Å²) in [5.74, 6) is -0.683. The summed E-state index contributed by atoms with van der Waals surface area (Å²) >= 11 is 0. The van der Waals surface area contributed by atoms with E-state index in [2.05, 4.69) is 0 Å². The van der Waals surface area contributed by atoms with Crippen LogP contribution in [0.2, 0.25) is 0 Å². The normalized spacial score (nSPS) is 32.6.